The molecule has 3 heterocycles. The van der Waals surface area contributed by atoms with Crippen LogP contribution in [0.2, 0.25) is 0 Å². The van der Waals surface area contributed by atoms with E-state index in [9.17, 15) is 0 Å². The highest BCUT2D eigenvalue weighted by Gasteiger charge is 2.31. The number of fused-ring (bicyclic) bond motifs is 1. The lowest BCUT2D eigenvalue weighted by molar-refractivity contribution is -0.595. The summed E-state index contributed by atoms with van der Waals surface area (Å²) in [5.41, 5.74) is 11.3. The summed E-state index contributed by atoms with van der Waals surface area (Å²) in [7, 11) is 0. The Bertz CT molecular complexity index is 1940. The Hall–Kier alpha value is -5.16. The number of benzene rings is 5. The van der Waals surface area contributed by atoms with Crippen LogP contribution in [0.5, 0.6) is 0 Å². The van der Waals surface area contributed by atoms with Crippen molar-refractivity contribution in [3.8, 4) is 5.69 Å². The molecule has 7 aromatic rings. The molecule has 2 aromatic heterocycles. The molecule has 5 heteroatoms. The molecule has 0 aliphatic carbocycles. The number of ether oxygens (including phenoxy) is 1. The molecular weight excluding hydrogens is 622 g/mol. The van der Waals surface area contributed by atoms with Gasteiger partial charge in [0.1, 0.15) is 11.9 Å². The van der Waals surface area contributed by atoms with Gasteiger partial charge in [0.05, 0.1) is 13.2 Å². The molecule has 0 radical (unpaired) electrons. The van der Waals surface area contributed by atoms with Gasteiger partial charge in [-0.15, -0.1) is 0 Å². The fourth-order valence-corrected chi connectivity index (χ4v) is 7.49. The molecule has 1 aliphatic rings. The van der Waals surface area contributed by atoms with Crippen molar-refractivity contribution in [3.63, 3.8) is 0 Å². The standard InChI is InChI=1S/C44H40N3O.ClH/c1-33-29-39(42(34-15-6-2-7-16-34)35-17-8-3-9-18-35)44(40(30-33)43(36-19-10-4-11-20-36)37-21-12-5-13-22-37)46-31-38-23-14-24-41(47(38)32-46)45-25-27-48-28-26-45;/h2-24,29-32,42-43H,25-28H2,1H3;1H/q+1;/p-1. The van der Waals surface area contributed by atoms with Crippen LogP contribution >= 0.6 is 0 Å². The molecule has 49 heavy (non-hydrogen) atoms. The van der Waals surface area contributed by atoms with Gasteiger partial charge in [0.2, 0.25) is 5.82 Å². The number of hydrogen-bond acceptors (Lipinski definition) is 2. The zero-order valence-corrected chi connectivity index (χ0v) is 28.5. The number of aryl methyl sites for hydroxylation is 1. The van der Waals surface area contributed by atoms with Crippen LogP contribution in [0.4, 0.5) is 5.82 Å². The van der Waals surface area contributed by atoms with Crippen LogP contribution in [-0.4, -0.2) is 30.7 Å². The summed E-state index contributed by atoms with van der Waals surface area (Å²) in [6.07, 6.45) is 4.60. The molecule has 5 aromatic carbocycles. The third kappa shape index (κ3) is 6.50. The smallest absolute Gasteiger partial charge is 0.255 e. The Balaban J connectivity index is 0.00000378. The highest BCUT2D eigenvalue weighted by Crippen LogP contribution is 2.41. The van der Waals surface area contributed by atoms with E-state index >= 15 is 0 Å². The molecule has 1 fully saturated rings. The van der Waals surface area contributed by atoms with Crippen LogP contribution in [0.1, 0.15) is 50.8 Å². The molecule has 1 aliphatic heterocycles. The molecule has 4 nitrogen and oxygen atoms in total. The molecule has 0 unspecified atom stereocenters. The van der Waals surface area contributed by atoms with Crippen molar-refractivity contribution in [2.45, 2.75) is 18.8 Å². The summed E-state index contributed by atoms with van der Waals surface area (Å²) < 4.78 is 10.5. The number of halogens is 1. The van der Waals surface area contributed by atoms with Crippen LogP contribution in [0.25, 0.3) is 11.2 Å². The van der Waals surface area contributed by atoms with Gasteiger partial charge in [0.15, 0.2) is 5.52 Å². The van der Waals surface area contributed by atoms with E-state index in [0.717, 1.165) is 31.8 Å². The maximum absolute atomic E-state index is 5.72. The fourth-order valence-electron chi connectivity index (χ4n) is 7.49. The van der Waals surface area contributed by atoms with Crippen molar-refractivity contribution in [1.29, 1.82) is 0 Å². The number of imidazole rings is 1. The topological polar surface area (TPSA) is 20.8 Å². The maximum Gasteiger partial charge on any atom is 0.255 e. The van der Waals surface area contributed by atoms with Crippen LogP contribution in [0.3, 0.4) is 0 Å². The van der Waals surface area contributed by atoms with Crippen molar-refractivity contribution in [3.05, 3.63) is 203 Å². The van der Waals surface area contributed by atoms with Crippen molar-refractivity contribution in [1.82, 2.24) is 4.40 Å². The average Bonchev–Trinajstić information content (AvgIpc) is 3.58. The summed E-state index contributed by atoms with van der Waals surface area (Å²) in [6, 6.07) is 55.3. The largest absolute Gasteiger partial charge is 1.00 e. The van der Waals surface area contributed by atoms with Crippen LogP contribution in [0.15, 0.2) is 164 Å². The Labute approximate surface area is 295 Å². The predicted molar refractivity (Wildman–Crippen MR) is 194 cm³/mol. The number of anilines is 1. The van der Waals surface area contributed by atoms with Crippen LogP contribution in [0, 0.1) is 6.92 Å². The molecule has 0 bridgehead atoms. The number of morpholine rings is 1. The lowest BCUT2D eigenvalue weighted by Gasteiger charge is -2.27. The van der Waals surface area contributed by atoms with Crippen molar-refractivity contribution >= 4 is 11.3 Å². The SMILES string of the molecule is Cc1cc(C(c2ccccc2)c2ccccc2)c(-[n+]2cc3cccc(N4CCOCC4)n3c2)c(C(c2ccccc2)c2ccccc2)c1.[Cl-]. The van der Waals surface area contributed by atoms with E-state index in [1.54, 1.807) is 0 Å². The minimum Gasteiger partial charge on any atom is -1.00 e. The highest BCUT2D eigenvalue weighted by atomic mass is 35.5. The molecule has 244 valence electrons. The lowest BCUT2D eigenvalue weighted by Crippen LogP contribution is -3.00. The summed E-state index contributed by atoms with van der Waals surface area (Å²) in [4.78, 5) is 2.44. The molecule has 0 atom stereocenters. The van der Waals surface area contributed by atoms with Gasteiger partial charge in [0, 0.05) is 42.1 Å². The van der Waals surface area contributed by atoms with E-state index in [1.807, 2.05) is 0 Å². The van der Waals surface area contributed by atoms with Crippen LogP contribution in [-0.2, 0) is 4.74 Å². The number of pyridine rings is 1. The van der Waals surface area contributed by atoms with E-state index in [0.29, 0.717) is 0 Å². The number of nitrogens with zero attached hydrogens (tertiary/aromatic N) is 3. The summed E-state index contributed by atoms with van der Waals surface area (Å²) >= 11 is 0. The first kappa shape index (κ1) is 32.4. The maximum atomic E-state index is 5.72. The van der Waals surface area contributed by atoms with E-state index in [2.05, 4.69) is 185 Å². The summed E-state index contributed by atoms with van der Waals surface area (Å²) in [5, 5.41) is 0. The van der Waals surface area contributed by atoms with Gasteiger partial charge in [-0.2, -0.15) is 4.40 Å². The second-order valence-corrected chi connectivity index (χ2v) is 12.7. The Morgan fingerprint density at radius 3 is 1.47 bits per heavy atom. The Morgan fingerprint density at radius 1 is 0.571 bits per heavy atom. The number of hydrogen-bond donors (Lipinski definition) is 0. The van der Waals surface area contributed by atoms with E-state index in [1.165, 1.54) is 50.4 Å². The van der Waals surface area contributed by atoms with E-state index in [4.69, 9.17) is 4.74 Å². The van der Waals surface area contributed by atoms with Gasteiger partial charge in [-0.3, -0.25) is 0 Å². The second kappa shape index (κ2) is 14.5. The normalized spacial score (nSPS) is 13.2. The number of aromatic nitrogens is 2. The van der Waals surface area contributed by atoms with Gasteiger partial charge in [0.25, 0.3) is 6.33 Å². The first-order chi connectivity index (χ1) is 23.7. The molecule has 0 spiro atoms. The molecule has 1 saturated heterocycles. The first-order valence-corrected chi connectivity index (χ1v) is 16.9. The van der Waals surface area contributed by atoms with Gasteiger partial charge >= 0.3 is 0 Å². The van der Waals surface area contributed by atoms with Gasteiger partial charge in [-0.25, -0.2) is 4.57 Å². The average molecular weight is 662 g/mol. The number of rotatable bonds is 8. The zero-order chi connectivity index (χ0) is 32.3. The van der Waals surface area contributed by atoms with Crippen molar-refractivity contribution in [2.24, 2.45) is 0 Å². The van der Waals surface area contributed by atoms with Crippen LogP contribution < -0.4 is 21.9 Å². The Kier molecular flexibility index (Phi) is 9.61. The van der Waals surface area contributed by atoms with Crippen molar-refractivity contribution in [2.75, 3.05) is 31.2 Å². The van der Waals surface area contributed by atoms with Gasteiger partial charge in [-0.05, 0) is 35.2 Å². The summed E-state index contributed by atoms with van der Waals surface area (Å²) in [6.45, 7) is 5.50. The third-order valence-corrected chi connectivity index (χ3v) is 9.61. The first-order valence-electron chi connectivity index (χ1n) is 16.9. The van der Waals surface area contributed by atoms with E-state index in [-0.39, 0.29) is 24.2 Å². The zero-order valence-electron chi connectivity index (χ0n) is 27.7. The molecule has 0 amide bonds. The molecule has 8 rings (SSSR count). The minimum atomic E-state index is 0. The van der Waals surface area contributed by atoms with Gasteiger partial charge < -0.3 is 22.0 Å². The predicted octanol–water partition coefficient (Wildman–Crippen LogP) is 5.73. The second-order valence-electron chi connectivity index (χ2n) is 12.7. The molecule has 0 saturated carbocycles. The quantitative estimate of drug-likeness (QED) is 0.153. The minimum absolute atomic E-state index is 0. The third-order valence-electron chi connectivity index (χ3n) is 9.61. The van der Waals surface area contributed by atoms with Crippen molar-refractivity contribution < 1.29 is 21.7 Å². The highest BCUT2D eigenvalue weighted by molar-refractivity contribution is 5.60. The fraction of sp³-hybridized carbons (Fsp3) is 0.159. The molecular formula is C44H40ClN3O. The lowest BCUT2D eigenvalue weighted by atomic mass is 9.78. The van der Waals surface area contributed by atoms with Gasteiger partial charge in [-0.1, -0.05) is 145 Å². The molecule has 0 N–H and O–H groups in total. The summed E-state index contributed by atoms with van der Waals surface area (Å²) in [5.74, 6) is 1.25. The van der Waals surface area contributed by atoms with E-state index < -0.39 is 0 Å². The Morgan fingerprint density at radius 2 is 1.02 bits per heavy atom. The monoisotopic (exact) mass is 661 g/mol.